The maximum absolute atomic E-state index is 11.6. The van der Waals surface area contributed by atoms with Gasteiger partial charge in [-0.1, -0.05) is 26.0 Å². The lowest BCUT2D eigenvalue weighted by Crippen LogP contribution is -2.06. The van der Waals surface area contributed by atoms with Gasteiger partial charge in [0, 0.05) is 6.07 Å². The van der Waals surface area contributed by atoms with E-state index in [4.69, 9.17) is 0 Å². The topological polar surface area (TPSA) is 63.0 Å². The molecule has 0 saturated heterocycles. The molecule has 0 aromatic heterocycles. The molecule has 75 valence electrons. The highest BCUT2D eigenvalue weighted by atomic mass is 16.6. The second-order valence-electron chi connectivity index (χ2n) is 3.48. The predicted octanol–water partition coefficient (Wildman–Crippen LogP) is 2.72. The van der Waals surface area contributed by atoms with E-state index < -0.39 is 11.0 Å². The second-order valence-corrected chi connectivity index (χ2v) is 3.48. The SMILES string of the molecule is CC(C)C([O])c1ccccc1[N+](=O)[O-]. The van der Waals surface area contributed by atoms with E-state index in [9.17, 15) is 15.2 Å². The van der Waals surface area contributed by atoms with Crippen LogP contribution in [0.5, 0.6) is 0 Å². The third-order valence-corrected chi connectivity index (χ3v) is 2.05. The Hall–Kier alpha value is -1.42. The Morgan fingerprint density at radius 2 is 1.86 bits per heavy atom. The van der Waals surface area contributed by atoms with Gasteiger partial charge in [-0.25, -0.2) is 5.11 Å². The molecule has 0 heterocycles. The molecule has 0 fully saturated rings. The maximum atomic E-state index is 11.6. The number of nitrogens with zero attached hydrogens (tertiary/aromatic N) is 1. The van der Waals surface area contributed by atoms with E-state index >= 15 is 0 Å². The molecule has 4 nitrogen and oxygen atoms in total. The third-order valence-electron chi connectivity index (χ3n) is 2.05. The van der Waals surface area contributed by atoms with Crippen molar-refractivity contribution >= 4 is 5.69 Å². The van der Waals surface area contributed by atoms with E-state index in [2.05, 4.69) is 0 Å². The van der Waals surface area contributed by atoms with E-state index in [0.29, 0.717) is 0 Å². The van der Waals surface area contributed by atoms with Gasteiger partial charge in [0.05, 0.1) is 10.5 Å². The fourth-order valence-corrected chi connectivity index (χ4v) is 1.25. The van der Waals surface area contributed by atoms with Gasteiger partial charge in [0.2, 0.25) is 0 Å². The first-order valence-electron chi connectivity index (χ1n) is 4.43. The summed E-state index contributed by atoms with van der Waals surface area (Å²) < 4.78 is 0. The first-order valence-corrected chi connectivity index (χ1v) is 4.43. The summed E-state index contributed by atoms with van der Waals surface area (Å²) >= 11 is 0. The van der Waals surface area contributed by atoms with Gasteiger partial charge < -0.3 is 0 Å². The summed E-state index contributed by atoms with van der Waals surface area (Å²) in [5.41, 5.74) is 0.189. The van der Waals surface area contributed by atoms with Gasteiger partial charge in [0.15, 0.2) is 0 Å². The summed E-state index contributed by atoms with van der Waals surface area (Å²) in [6, 6.07) is 6.10. The van der Waals surface area contributed by atoms with Crippen LogP contribution in [-0.4, -0.2) is 4.92 Å². The Morgan fingerprint density at radius 1 is 1.29 bits per heavy atom. The standard InChI is InChI=1S/C10H12NO3/c1-7(2)10(12)8-5-3-4-6-9(8)11(13)14/h3-7,10H,1-2H3. The minimum atomic E-state index is -1.03. The Balaban J connectivity index is 3.13. The Bertz CT molecular complexity index is 336. The highest BCUT2D eigenvalue weighted by Crippen LogP contribution is 2.29. The Morgan fingerprint density at radius 3 is 2.36 bits per heavy atom. The van der Waals surface area contributed by atoms with E-state index in [1.165, 1.54) is 12.1 Å². The highest BCUT2D eigenvalue weighted by Gasteiger charge is 2.23. The number of hydrogen-bond donors (Lipinski definition) is 0. The quantitative estimate of drug-likeness (QED) is 0.548. The van der Waals surface area contributed by atoms with Crippen LogP contribution in [0.3, 0.4) is 0 Å². The molecule has 0 aliphatic rings. The number of hydrogen-bond acceptors (Lipinski definition) is 2. The molecule has 0 amide bonds. The molecule has 0 aliphatic heterocycles. The van der Waals surface area contributed by atoms with Crippen molar-refractivity contribution in [1.29, 1.82) is 0 Å². The van der Waals surface area contributed by atoms with Crippen LogP contribution in [0.4, 0.5) is 5.69 Å². The van der Waals surface area contributed by atoms with Crippen molar-refractivity contribution < 1.29 is 10.0 Å². The lowest BCUT2D eigenvalue weighted by molar-refractivity contribution is -0.386. The van der Waals surface area contributed by atoms with Crippen molar-refractivity contribution in [3.63, 3.8) is 0 Å². The van der Waals surface area contributed by atoms with Gasteiger partial charge in [0.1, 0.15) is 6.10 Å². The monoisotopic (exact) mass is 194 g/mol. The summed E-state index contributed by atoms with van der Waals surface area (Å²) in [5, 5.41) is 22.3. The van der Waals surface area contributed by atoms with Crippen LogP contribution in [0.1, 0.15) is 25.5 Å². The van der Waals surface area contributed by atoms with Crippen LogP contribution in [0.2, 0.25) is 0 Å². The molecule has 1 aromatic rings. The van der Waals surface area contributed by atoms with Crippen LogP contribution >= 0.6 is 0 Å². The molecule has 4 heteroatoms. The fraction of sp³-hybridized carbons (Fsp3) is 0.400. The number of rotatable bonds is 3. The highest BCUT2D eigenvalue weighted by molar-refractivity contribution is 5.41. The number of para-hydroxylation sites is 1. The average Bonchev–Trinajstić information content (AvgIpc) is 2.16. The first kappa shape index (κ1) is 10.7. The van der Waals surface area contributed by atoms with Gasteiger partial charge >= 0.3 is 0 Å². The summed E-state index contributed by atoms with van der Waals surface area (Å²) in [4.78, 5) is 10.1. The molecule has 1 unspecified atom stereocenters. The predicted molar refractivity (Wildman–Crippen MR) is 51.4 cm³/mol. The zero-order valence-corrected chi connectivity index (χ0v) is 8.14. The van der Waals surface area contributed by atoms with Gasteiger partial charge in [-0.15, -0.1) is 0 Å². The molecule has 1 aromatic carbocycles. The summed E-state index contributed by atoms with van der Waals surface area (Å²) in [5.74, 6) is -0.143. The third kappa shape index (κ3) is 2.09. The second kappa shape index (κ2) is 4.19. The molecule has 0 aliphatic carbocycles. The molecule has 1 radical (unpaired) electrons. The summed E-state index contributed by atoms with van der Waals surface area (Å²) in [6.07, 6.45) is -1.03. The number of benzene rings is 1. The molecular formula is C10H12NO3. The molecule has 14 heavy (non-hydrogen) atoms. The Labute approximate surface area is 82.3 Å². The molecule has 0 bridgehead atoms. The number of nitro groups is 1. The zero-order valence-electron chi connectivity index (χ0n) is 8.14. The van der Waals surface area contributed by atoms with Gasteiger partial charge in [-0.2, -0.15) is 0 Å². The Kier molecular flexibility index (Phi) is 3.19. The lowest BCUT2D eigenvalue weighted by Gasteiger charge is -2.11. The van der Waals surface area contributed by atoms with E-state index in [-0.39, 0.29) is 17.2 Å². The minimum absolute atomic E-state index is 0.0822. The first-order chi connectivity index (χ1) is 6.54. The molecule has 0 saturated carbocycles. The minimum Gasteiger partial charge on any atom is -0.258 e. The van der Waals surface area contributed by atoms with Crippen LogP contribution in [0.25, 0.3) is 0 Å². The van der Waals surface area contributed by atoms with Gasteiger partial charge in [0.25, 0.3) is 5.69 Å². The fourth-order valence-electron chi connectivity index (χ4n) is 1.25. The van der Waals surface area contributed by atoms with Crippen molar-refractivity contribution in [2.24, 2.45) is 5.92 Å². The van der Waals surface area contributed by atoms with Crippen LogP contribution < -0.4 is 0 Å². The molecule has 1 atom stereocenters. The normalized spacial score (nSPS) is 12.9. The summed E-state index contributed by atoms with van der Waals surface area (Å²) in [6.45, 7) is 3.52. The van der Waals surface area contributed by atoms with Crippen molar-refractivity contribution in [2.45, 2.75) is 20.0 Å². The van der Waals surface area contributed by atoms with Crippen molar-refractivity contribution in [3.05, 3.63) is 39.9 Å². The molecule has 1 rings (SSSR count). The zero-order chi connectivity index (χ0) is 10.7. The molecule has 0 N–H and O–H groups in total. The van der Waals surface area contributed by atoms with Crippen LogP contribution in [-0.2, 0) is 5.11 Å². The van der Waals surface area contributed by atoms with Crippen molar-refractivity contribution in [2.75, 3.05) is 0 Å². The lowest BCUT2D eigenvalue weighted by atomic mass is 9.98. The molecular weight excluding hydrogens is 182 g/mol. The smallest absolute Gasteiger partial charge is 0.258 e. The molecule has 0 spiro atoms. The average molecular weight is 194 g/mol. The largest absolute Gasteiger partial charge is 0.275 e. The van der Waals surface area contributed by atoms with Gasteiger partial charge in [-0.05, 0) is 12.0 Å². The van der Waals surface area contributed by atoms with Crippen molar-refractivity contribution in [1.82, 2.24) is 0 Å². The summed E-state index contributed by atoms with van der Waals surface area (Å²) in [7, 11) is 0. The van der Waals surface area contributed by atoms with Gasteiger partial charge in [-0.3, -0.25) is 10.1 Å². The van der Waals surface area contributed by atoms with E-state index in [1.54, 1.807) is 26.0 Å². The van der Waals surface area contributed by atoms with Crippen molar-refractivity contribution in [3.8, 4) is 0 Å². The van der Waals surface area contributed by atoms with E-state index in [1.807, 2.05) is 0 Å². The van der Waals surface area contributed by atoms with Crippen LogP contribution in [0, 0.1) is 16.0 Å². The van der Waals surface area contributed by atoms with E-state index in [0.717, 1.165) is 0 Å². The number of nitro benzene ring substituents is 1. The van der Waals surface area contributed by atoms with Crippen LogP contribution in [0.15, 0.2) is 24.3 Å². The maximum Gasteiger partial charge on any atom is 0.275 e.